The monoisotopic (exact) mass is 228 g/mol. The van der Waals surface area contributed by atoms with E-state index in [1.807, 2.05) is 0 Å². The molecule has 0 saturated carbocycles. The molecule has 0 aromatic heterocycles. The van der Waals surface area contributed by atoms with Gasteiger partial charge in [-0.2, -0.15) is 0 Å². The number of carbonyl (C=O) groups is 1. The Hall–Kier alpha value is -1.62. The summed E-state index contributed by atoms with van der Waals surface area (Å²) < 4.78 is 22.7. The van der Waals surface area contributed by atoms with Crippen molar-refractivity contribution in [1.82, 2.24) is 0 Å². The molecule has 0 bridgehead atoms. The number of ether oxygens (including phenoxy) is 2. The summed E-state index contributed by atoms with van der Waals surface area (Å²) in [5.74, 6) is -0.821. The third-order valence-electron chi connectivity index (χ3n) is 1.88. The lowest BCUT2D eigenvalue weighted by atomic mass is 10.3. The van der Waals surface area contributed by atoms with Crippen molar-refractivity contribution in [3.63, 3.8) is 0 Å². The molecule has 0 spiro atoms. The summed E-state index contributed by atoms with van der Waals surface area (Å²) in [6, 6.07) is 5.57. The highest BCUT2D eigenvalue weighted by atomic mass is 19.1. The van der Waals surface area contributed by atoms with Gasteiger partial charge in [0, 0.05) is 0 Å². The third-order valence-corrected chi connectivity index (χ3v) is 1.88. The van der Waals surface area contributed by atoms with Crippen LogP contribution in [0.5, 0.6) is 5.75 Å². The molecule has 1 aromatic carbocycles. The Labute approximate surface area is 92.6 Å². The first-order valence-electron chi connectivity index (χ1n) is 4.82. The van der Waals surface area contributed by atoms with Gasteiger partial charge in [0.1, 0.15) is 18.2 Å². The first kappa shape index (κ1) is 12.4. The van der Waals surface area contributed by atoms with E-state index in [1.54, 1.807) is 0 Å². The molecule has 0 radical (unpaired) electrons. The van der Waals surface area contributed by atoms with Crippen LogP contribution in [0.1, 0.15) is 6.92 Å². The van der Waals surface area contributed by atoms with Gasteiger partial charge < -0.3 is 14.6 Å². The highest BCUT2D eigenvalue weighted by molar-refractivity contribution is 5.71. The molecule has 1 aromatic rings. The average Bonchev–Trinajstić information content (AvgIpc) is 2.26. The van der Waals surface area contributed by atoms with Gasteiger partial charge in [-0.05, 0) is 31.2 Å². The second-order valence-electron chi connectivity index (χ2n) is 3.15. The van der Waals surface area contributed by atoms with Crippen LogP contribution in [0.2, 0.25) is 0 Å². The maximum Gasteiger partial charge on any atom is 0.332 e. The predicted molar refractivity (Wildman–Crippen MR) is 54.9 cm³/mol. The lowest BCUT2D eigenvalue weighted by molar-refractivity contribution is -0.149. The molecule has 0 fully saturated rings. The average molecular weight is 228 g/mol. The highest BCUT2D eigenvalue weighted by Crippen LogP contribution is 2.10. The van der Waals surface area contributed by atoms with Gasteiger partial charge >= 0.3 is 5.97 Å². The summed E-state index contributed by atoms with van der Waals surface area (Å²) in [5.41, 5.74) is 0. The summed E-state index contributed by atoms with van der Waals surface area (Å²) in [7, 11) is 0. The standard InChI is InChI=1S/C11H13FO4/c1-8(11(13)14)15-6-7-16-10-4-2-9(12)3-5-10/h2-5,8H,6-7H2,1H3,(H,13,14)/t8-/m1/s1. The Morgan fingerprint density at radius 2 is 2.00 bits per heavy atom. The zero-order valence-corrected chi connectivity index (χ0v) is 8.85. The number of hydrogen-bond donors (Lipinski definition) is 1. The Morgan fingerprint density at radius 1 is 1.38 bits per heavy atom. The molecular formula is C11H13FO4. The Bertz CT molecular complexity index is 336. The van der Waals surface area contributed by atoms with Crippen molar-refractivity contribution in [3.05, 3.63) is 30.1 Å². The van der Waals surface area contributed by atoms with Crippen molar-refractivity contribution in [2.45, 2.75) is 13.0 Å². The summed E-state index contributed by atoms with van der Waals surface area (Å²) >= 11 is 0. The Morgan fingerprint density at radius 3 is 2.56 bits per heavy atom. The Balaban J connectivity index is 2.21. The summed E-state index contributed by atoms with van der Waals surface area (Å²) in [6.45, 7) is 1.84. The molecule has 16 heavy (non-hydrogen) atoms. The first-order chi connectivity index (χ1) is 7.59. The van der Waals surface area contributed by atoms with Crippen molar-refractivity contribution >= 4 is 5.97 Å². The minimum atomic E-state index is -1.01. The predicted octanol–water partition coefficient (Wildman–Crippen LogP) is 1.69. The molecule has 1 atom stereocenters. The van der Waals surface area contributed by atoms with Gasteiger partial charge in [-0.15, -0.1) is 0 Å². The smallest absolute Gasteiger partial charge is 0.332 e. The molecule has 5 heteroatoms. The van der Waals surface area contributed by atoms with Gasteiger partial charge in [-0.1, -0.05) is 0 Å². The molecule has 1 rings (SSSR count). The van der Waals surface area contributed by atoms with Crippen LogP contribution in [0, 0.1) is 5.82 Å². The Kier molecular flexibility index (Phi) is 4.72. The van der Waals surface area contributed by atoms with Crippen molar-refractivity contribution in [1.29, 1.82) is 0 Å². The maximum atomic E-state index is 12.5. The fourth-order valence-electron chi connectivity index (χ4n) is 0.987. The van der Waals surface area contributed by atoms with E-state index in [-0.39, 0.29) is 19.0 Å². The van der Waals surface area contributed by atoms with Crippen molar-refractivity contribution in [2.75, 3.05) is 13.2 Å². The van der Waals surface area contributed by atoms with Crippen LogP contribution >= 0.6 is 0 Å². The van der Waals surface area contributed by atoms with Gasteiger partial charge in [0.05, 0.1) is 6.61 Å². The minimum absolute atomic E-state index is 0.171. The molecule has 0 aliphatic heterocycles. The van der Waals surface area contributed by atoms with Crippen LogP contribution < -0.4 is 4.74 Å². The fraction of sp³-hybridized carbons (Fsp3) is 0.364. The SMILES string of the molecule is C[C@@H](OCCOc1ccc(F)cc1)C(=O)O. The van der Waals surface area contributed by atoms with Crippen molar-refractivity contribution in [2.24, 2.45) is 0 Å². The third kappa shape index (κ3) is 4.27. The van der Waals surface area contributed by atoms with Crippen molar-refractivity contribution in [3.8, 4) is 5.75 Å². The lowest BCUT2D eigenvalue weighted by Gasteiger charge is -2.09. The number of rotatable bonds is 6. The lowest BCUT2D eigenvalue weighted by Crippen LogP contribution is -2.22. The van der Waals surface area contributed by atoms with E-state index in [1.165, 1.54) is 31.2 Å². The number of hydrogen-bond acceptors (Lipinski definition) is 3. The molecule has 0 amide bonds. The van der Waals surface area contributed by atoms with E-state index in [2.05, 4.69) is 0 Å². The summed E-state index contributed by atoms with van der Waals surface area (Å²) in [5, 5.41) is 8.52. The second kappa shape index (κ2) is 6.07. The number of benzene rings is 1. The van der Waals surface area contributed by atoms with E-state index >= 15 is 0 Å². The molecule has 0 unspecified atom stereocenters. The van der Waals surface area contributed by atoms with E-state index < -0.39 is 12.1 Å². The van der Waals surface area contributed by atoms with Gasteiger partial charge in [0.15, 0.2) is 6.10 Å². The molecule has 0 heterocycles. The van der Waals surface area contributed by atoms with E-state index in [4.69, 9.17) is 14.6 Å². The number of carboxylic acid groups (broad SMARTS) is 1. The van der Waals surface area contributed by atoms with E-state index in [0.29, 0.717) is 5.75 Å². The van der Waals surface area contributed by atoms with Gasteiger partial charge in [0.2, 0.25) is 0 Å². The van der Waals surface area contributed by atoms with Crippen LogP contribution in [0.3, 0.4) is 0 Å². The van der Waals surface area contributed by atoms with Crippen LogP contribution in [-0.4, -0.2) is 30.4 Å². The molecule has 88 valence electrons. The van der Waals surface area contributed by atoms with Gasteiger partial charge in [0.25, 0.3) is 0 Å². The zero-order chi connectivity index (χ0) is 12.0. The molecule has 0 aliphatic rings. The number of aliphatic carboxylic acids is 1. The largest absolute Gasteiger partial charge is 0.491 e. The van der Waals surface area contributed by atoms with Gasteiger partial charge in [-0.3, -0.25) is 0 Å². The zero-order valence-electron chi connectivity index (χ0n) is 8.85. The molecular weight excluding hydrogens is 215 g/mol. The van der Waals surface area contributed by atoms with Crippen LogP contribution in [0.15, 0.2) is 24.3 Å². The van der Waals surface area contributed by atoms with Crippen LogP contribution in [0.25, 0.3) is 0 Å². The maximum absolute atomic E-state index is 12.5. The summed E-state index contributed by atoms with van der Waals surface area (Å²) in [4.78, 5) is 10.4. The number of halogens is 1. The van der Waals surface area contributed by atoms with Crippen molar-refractivity contribution < 1.29 is 23.8 Å². The van der Waals surface area contributed by atoms with Crippen LogP contribution in [0.4, 0.5) is 4.39 Å². The molecule has 0 aliphatic carbocycles. The molecule has 4 nitrogen and oxygen atoms in total. The van der Waals surface area contributed by atoms with E-state index in [0.717, 1.165) is 0 Å². The highest BCUT2D eigenvalue weighted by Gasteiger charge is 2.09. The molecule has 1 N–H and O–H groups in total. The normalized spacial score (nSPS) is 12.1. The first-order valence-corrected chi connectivity index (χ1v) is 4.82. The number of carboxylic acids is 1. The fourth-order valence-corrected chi connectivity index (χ4v) is 0.987. The molecule has 0 saturated heterocycles. The van der Waals surface area contributed by atoms with E-state index in [9.17, 15) is 9.18 Å². The quantitative estimate of drug-likeness (QED) is 0.753. The van der Waals surface area contributed by atoms with Crippen LogP contribution in [-0.2, 0) is 9.53 Å². The summed E-state index contributed by atoms with van der Waals surface area (Å²) in [6.07, 6.45) is -0.850. The topological polar surface area (TPSA) is 55.8 Å². The van der Waals surface area contributed by atoms with Gasteiger partial charge in [-0.25, -0.2) is 9.18 Å². The minimum Gasteiger partial charge on any atom is -0.491 e. The second-order valence-corrected chi connectivity index (χ2v) is 3.15.